The van der Waals surface area contributed by atoms with Crippen molar-refractivity contribution in [3.8, 4) is 28.7 Å². The zero-order valence-electron chi connectivity index (χ0n) is 23.3. The minimum atomic E-state index is -0.677. The normalized spacial score (nSPS) is 12.7. The fourth-order valence-electron chi connectivity index (χ4n) is 6.29. The zero-order valence-corrected chi connectivity index (χ0v) is 23.3. The molecule has 11 nitrogen and oxygen atoms in total. The van der Waals surface area contributed by atoms with Crippen LogP contribution in [0.1, 0.15) is 18.1 Å². The number of phenolic OH excluding ortho intramolecular Hbond substituents is 2. The number of fused-ring (bicyclic) bond motifs is 1. The van der Waals surface area contributed by atoms with Gasteiger partial charge < -0.3 is 39.6 Å². The van der Waals surface area contributed by atoms with Crippen molar-refractivity contribution in [2.24, 2.45) is 0 Å². The highest BCUT2D eigenvalue weighted by atomic mass is 16.5. The van der Waals surface area contributed by atoms with Crippen LogP contribution in [-0.2, 0) is 16.0 Å². The third-order valence-corrected chi connectivity index (χ3v) is 7.81. The van der Waals surface area contributed by atoms with Gasteiger partial charge in [0.1, 0.15) is 24.7 Å². The first-order valence-electron chi connectivity index (χ1n) is 13.1. The second-order valence-electron chi connectivity index (χ2n) is 10.1. The molecule has 4 N–H and O–H groups in total. The van der Waals surface area contributed by atoms with E-state index in [1.165, 1.54) is 33.5 Å². The van der Waals surface area contributed by atoms with Crippen LogP contribution in [0.4, 0.5) is 5.69 Å². The largest absolute Gasteiger partial charge is 0.505 e. The smallest absolute Gasteiger partial charge is 0.325 e. The number of hydrogen-bond acceptors (Lipinski definition) is 11. The van der Waals surface area contributed by atoms with Crippen LogP contribution in [0.3, 0.4) is 0 Å². The number of aliphatic hydroxyl groups is 1. The molecular weight excluding hydrogens is 546 g/mol. The van der Waals surface area contributed by atoms with E-state index in [2.05, 4.69) is 5.32 Å². The number of esters is 1. The maximum absolute atomic E-state index is 13.6. The van der Waals surface area contributed by atoms with Gasteiger partial charge in [0.05, 0.1) is 44.4 Å². The number of carbonyl (C=O) groups excluding carboxylic acids is 1. The summed E-state index contributed by atoms with van der Waals surface area (Å²) in [6.07, 6.45) is 2.09. The topological polar surface area (TPSA) is 161 Å². The monoisotopic (exact) mass is 573 g/mol. The maximum atomic E-state index is 13.6. The van der Waals surface area contributed by atoms with E-state index in [0.717, 1.165) is 5.57 Å². The Hall–Kier alpha value is -5.03. The number of methoxy groups -OCH3 is 3. The quantitative estimate of drug-likeness (QED) is 0.0934. The van der Waals surface area contributed by atoms with Crippen LogP contribution in [-0.4, -0.2) is 62.4 Å². The van der Waals surface area contributed by atoms with Gasteiger partial charge in [-0.25, -0.2) is 0 Å². The Balaban J connectivity index is 1.94. The highest BCUT2D eigenvalue weighted by molar-refractivity contribution is 6.39. The minimum Gasteiger partial charge on any atom is -0.505 e. The summed E-state index contributed by atoms with van der Waals surface area (Å²) >= 11 is 0. The van der Waals surface area contributed by atoms with Crippen molar-refractivity contribution in [2.45, 2.75) is 13.3 Å². The lowest BCUT2D eigenvalue weighted by molar-refractivity contribution is -0.142. The first-order valence-corrected chi connectivity index (χ1v) is 13.1. The van der Waals surface area contributed by atoms with Gasteiger partial charge in [0, 0.05) is 44.6 Å². The summed E-state index contributed by atoms with van der Waals surface area (Å²) in [6, 6.07) is 2.51. The molecule has 0 atom stereocenters. The summed E-state index contributed by atoms with van der Waals surface area (Å²) in [5.74, 6) is -0.914. The molecule has 42 heavy (non-hydrogen) atoms. The molecule has 5 aromatic rings. The van der Waals surface area contributed by atoms with Gasteiger partial charge >= 0.3 is 5.97 Å². The van der Waals surface area contributed by atoms with Crippen molar-refractivity contribution in [1.29, 1.82) is 0 Å². The van der Waals surface area contributed by atoms with Crippen LogP contribution in [0.5, 0.6) is 28.7 Å². The predicted molar refractivity (Wildman–Crippen MR) is 158 cm³/mol. The summed E-state index contributed by atoms with van der Waals surface area (Å²) < 4.78 is 22.0. The number of hydrogen-bond donors (Lipinski definition) is 4. The summed E-state index contributed by atoms with van der Waals surface area (Å²) in [5.41, 5.74) is 0.939. The standard InChI is InChI=1S/C31H27NO10/c1-12-7-13-20-21-14(8-12)31(41-4)30(38)23-16(35)10-18(40-3)25(27(21)23)24-17(39-2)9-15(34)22(26(20)24)29(37)28(13)32-11-19(36)42-6-5-33/h8-10,32-33,37-38H,5-7,11H2,1-4H3. The SMILES string of the molecule is COc1c(O)c2c(=O)cc(OC)c3c4c(OC)cc(=O)c5c(O)c(NCC(=O)OCCO)c6c(c(c1C=C(C)C6)c23)c54. The lowest BCUT2D eigenvalue weighted by Gasteiger charge is -2.24. The number of benzene rings is 5. The Morgan fingerprint density at radius 2 is 1.43 bits per heavy atom. The number of nitrogens with one attached hydrogen (secondary N) is 1. The van der Waals surface area contributed by atoms with E-state index >= 15 is 0 Å². The minimum absolute atomic E-state index is 0.00233. The number of anilines is 1. The highest BCUT2D eigenvalue weighted by Gasteiger charge is 2.33. The van der Waals surface area contributed by atoms with Crippen LogP contribution >= 0.6 is 0 Å². The molecule has 6 rings (SSSR count). The number of aromatic hydroxyl groups is 2. The fourth-order valence-corrected chi connectivity index (χ4v) is 6.29. The lowest BCUT2D eigenvalue weighted by atomic mass is 9.83. The van der Waals surface area contributed by atoms with Gasteiger partial charge in [0.2, 0.25) is 0 Å². The van der Waals surface area contributed by atoms with E-state index in [-0.39, 0.29) is 71.4 Å². The molecular formula is C31H27NO10. The van der Waals surface area contributed by atoms with Crippen LogP contribution in [0.15, 0.2) is 27.3 Å². The average molecular weight is 574 g/mol. The van der Waals surface area contributed by atoms with Gasteiger partial charge in [-0.3, -0.25) is 14.4 Å². The third kappa shape index (κ3) is 3.59. The molecule has 1 aliphatic rings. The molecule has 216 valence electrons. The lowest BCUT2D eigenvalue weighted by Crippen LogP contribution is -2.19. The van der Waals surface area contributed by atoms with E-state index in [1.807, 2.05) is 13.0 Å². The molecule has 0 amide bonds. The van der Waals surface area contributed by atoms with E-state index in [9.17, 15) is 24.6 Å². The van der Waals surface area contributed by atoms with Crippen LogP contribution < -0.4 is 30.4 Å². The Kier molecular flexibility index (Phi) is 6.34. The predicted octanol–water partition coefficient (Wildman–Crippen LogP) is 3.24. The molecule has 0 bridgehead atoms. The molecule has 0 heterocycles. The first kappa shape index (κ1) is 27.2. The Labute approximate surface area is 237 Å². The van der Waals surface area contributed by atoms with Gasteiger partial charge in [-0.05, 0) is 24.3 Å². The van der Waals surface area contributed by atoms with E-state index in [1.54, 1.807) is 0 Å². The molecule has 0 radical (unpaired) electrons. The van der Waals surface area contributed by atoms with Gasteiger partial charge in [-0.2, -0.15) is 0 Å². The summed E-state index contributed by atoms with van der Waals surface area (Å²) in [7, 11) is 4.21. The Morgan fingerprint density at radius 3 is 2.00 bits per heavy atom. The molecule has 0 spiro atoms. The number of ether oxygens (including phenoxy) is 4. The van der Waals surface area contributed by atoms with Crippen molar-refractivity contribution in [2.75, 3.05) is 46.4 Å². The molecule has 0 fully saturated rings. The van der Waals surface area contributed by atoms with Gasteiger partial charge in [-0.1, -0.05) is 11.6 Å². The number of aliphatic hydroxyl groups excluding tert-OH is 1. The van der Waals surface area contributed by atoms with Gasteiger partial charge in [0.25, 0.3) is 0 Å². The molecule has 0 saturated heterocycles. The van der Waals surface area contributed by atoms with Crippen LogP contribution in [0, 0.1) is 0 Å². The first-order chi connectivity index (χ1) is 20.2. The number of phenols is 2. The number of allylic oxidation sites excluding steroid dienone is 1. The number of carbonyl (C=O) groups is 1. The fraction of sp³-hybridized carbons (Fsp3) is 0.258. The van der Waals surface area contributed by atoms with Crippen molar-refractivity contribution < 1.29 is 39.1 Å². The average Bonchev–Trinajstić information content (AvgIpc) is 3.11. The third-order valence-electron chi connectivity index (χ3n) is 7.81. The zero-order chi connectivity index (χ0) is 30.0. The van der Waals surface area contributed by atoms with E-state index < -0.39 is 16.8 Å². The summed E-state index contributed by atoms with van der Waals surface area (Å²) in [5, 5.41) is 37.6. The van der Waals surface area contributed by atoms with E-state index in [0.29, 0.717) is 43.4 Å². The van der Waals surface area contributed by atoms with Crippen LogP contribution in [0.25, 0.3) is 49.2 Å². The van der Waals surface area contributed by atoms with E-state index in [4.69, 9.17) is 24.1 Å². The second-order valence-corrected chi connectivity index (χ2v) is 10.1. The van der Waals surface area contributed by atoms with Gasteiger partial charge in [0.15, 0.2) is 28.1 Å². The Morgan fingerprint density at radius 1 is 0.833 bits per heavy atom. The molecule has 0 aliphatic heterocycles. The summed E-state index contributed by atoms with van der Waals surface area (Å²) in [6.45, 7) is 0.960. The van der Waals surface area contributed by atoms with Crippen LogP contribution in [0.2, 0.25) is 0 Å². The Bertz CT molecular complexity index is 2100. The van der Waals surface area contributed by atoms with Gasteiger partial charge in [-0.15, -0.1) is 0 Å². The second kappa shape index (κ2) is 9.81. The van der Waals surface area contributed by atoms with Crippen molar-refractivity contribution >= 4 is 60.8 Å². The molecule has 11 heteroatoms. The number of rotatable bonds is 8. The maximum Gasteiger partial charge on any atom is 0.325 e. The molecule has 0 unspecified atom stereocenters. The molecule has 5 aromatic carbocycles. The van der Waals surface area contributed by atoms with Crippen molar-refractivity contribution in [1.82, 2.24) is 0 Å². The van der Waals surface area contributed by atoms with Crippen molar-refractivity contribution in [3.05, 3.63) is 49.3 Å². The van der Waals surface area contributed by atoms with Crippen molar-refractivity contribution in [3.63, 3.8) is 0 Å². The molecule has 0 saturated carbocycles. The highest BCUT2D eigenvalue weighted by Crippen LogP contribution is 2.56. The molecule has 0 aromatic heterocycles. The summed E-state index contributed by atoms with van der Waals surface area (Å²) in [4.78, 5) is 39.5. The molecule has 1 aliphatic carbocycles.